The van der Waals surface area contributed by atoms with Crippen molar-refractivity contribution >= 4 is 11.8 Å². The lowest BCUT2D eigenvalue weighted by Gasteiger charge is -2.01. The quantitative estimate of drug-likeness (QED) is 0.505. The van der Waals surface area contributed by atoms with Crippen molar-refractivity contribution in [3.8, 4) is 0 Å². The molecule has 2 amide bonds. The largest absolute Gasteiger partial charge is 0.282 e. The Labute approximate surface area is 84.1 Å². The summed E-state index contributed by atoms with van der Waals surface area (Å²) in [6.45, 7) is 2.09. The maximum absolute atomic E-state index is 11.4. The van der Waals surface area contributed by atoms with E-state index in [2.05, 4.69) is 6.92 Å². The second kappa shape index (κ2) is 4.74. The summed E-state index contributed by atoms with van der Waals surface area (Å²) >= 11 is 0. The van der Waals surface area contributed by atoms with E-state index in [0.717, 1.165) is 12.8 Å². The molecule has 14 heavy (non-hydrogen) atoms. The van der Waals surface area contributed by atoms with Crippen LogP contribution in [0.1, 0.15) is 26.2 Å². The lowest BCUT2D eigenvalue weighted by molar-refractivity contribution is -0.135. The van der Waals surface area contributed by atoms with E-state index in [1.54, 1.807) is 6.08 Å². The molecule has 0 N–H and O–H groups in total. The number of unbranched alkanes of at least 4 members (excludes halogenated alkanes) is 1. The van der Waals surface area contributed by atoms with Crippen LogP contribution >= 0.6 is 0 Å². The van der Waals surface area contributed by atoms with Gasteiger partial charge in [0.2, 0.25) is 5.91 Å². The maximum Gasteiger partial charge on any atom is 0.256 e. The van der Waals surface area contributed by atoms with Crippen LogP contribution in [0, 0.1) is 0 Å². The molecular weight excluding hydrogens is 178 g/mol. The summed E-state index contributed by atoms with van der Waals surface area (Å²) in [6, 6.07) is 0. The highest BCUT2D eigenvalue weighted by Crippen LogP contribution is 2.16. The van der Waals surface area contributed by atoms with E-state index >= 15 is 0 Å². The van der Waals surface area contributed by atoms with Crippen LogP contribution in [-0.4, -0.2) is 23.8 Å². The summed E-state index contributed by atoms with van der Waals surface area (Å²) in [5.41, 5.74) is 0.588. The first-order chi connectivity index (χ1) is 6.66. The van der Waals surface area contributed by atoms with Crippen molar-refractivity contribution in [2.75, 3.05) is 7.05 Å². The molecule has 76 valence electrons. The molecular formula is C11H15NO2. The van der Waals surface area contributed by atoms with Gasteiger partial charge >= 0.3 is 0 Å². The average molecular weight is 193 g/mol. The summed E-state index contributed by atoms with van der Waals surface area (Å²) in [4.78, 5) is 23.7. The molecule has 0 unspecified atom stereocenters. The molecule has 0 aromatic carbocycles. The molecule has 1 fully saturated rings. The zero-order valence-electron chi connectivity index (χ0n) is 8.62. The minimum atomic E-state index is -0.170. The number of imide groups is 1. The van der Waals surface area contributed by atoms with Crippen LogP contribution in [-0.2, 0) is 9.59 Å². The van der Waals surface area contributed by atoms with E-state index < -0.39 is 0 Å². The molecule has 1 rings (SSSR count). The SMILES string of the molecule is CCCC=CC=C1CC(=O)N(C)C1=O. The smallest absolute Gasteiger partial charge is 0.256 e. The van der Waals surface area contributed by atoms with Crippen LogP contribution in [0.2, 0.25) is 0 Å². The summed E-state index contributed by atoms with van der Waals surface area (Å²) in [5.74, 6) is -0.290. The van der Waals surface area contributed by atoms with Crippen molar-refractivity contribution < 1.29 is 9.59 Å². The fourth-order valence-electron chi connectivity index (χ4n) is 1.26. The van der Waals surface area contributed by atoms with Crippen LogP contribution < -0.4 is 0 Å². The van der Waals surface area contributed by atoms with Crippen molar-refractivity contribution in [3.63, 3.8) is 0 Å². The van der Waals surface area contributed by atoms with E-state index in [-0.39, 0.29) is 18.2 Å². The molecule has 0 aromatic rings. The van der Waals surface area contributed by atoms with Gasteiger partial charge in [-0.25, -0.2) is 0 Å². The summed E-state index contributed by atoms with van der Waals surface area (Å²) in [7, 11) is 1.52. The van der Waals surface area contributed by atoms with Gasteiger partial charge in [0.1, 0.15) is 0 Å². The minimum absolute atomic E-state index is 0.120. The van der Waals surface area contributed by atoms with E-state index in [9.17, 15) is 9.59 Å². The number of carbonyl (C=O) groups excluding carboxylic acids is 2. The monoisotopic (exact) mass is 193 g/mol. The predicted octanol–water partition coefficient (Wildman–Crippen LogP) is 1.66. The Balaban J connectivity index is 2.62. The molecule has 3 heteroatoms. The number of allylic oxidation sites excluding steroid dienone is 3. The third kappa shape index (κ3) is 2.31. The number of likely N-dealkylation sites (N-methyl/N-ethyl adjacent to an activating group) is 1. The van der Waals surface area contributed by atoms with Crippen LogP contribution in [0.5, 0.6) is 0 Å². The van der Waals surface area contributed by atoms with Crippen molar-refractivity contribution in [2.24, 2.45) is 0 Å². The Kier molecular flexibility index (Phi) is 3.63. The van der Waals surface area contributed by atoms with E-state index in [0.29, 0.717) is 5.57 Å². The lowest BCUT2D eigenvalue weighted by atomic mass is 10.2. The van der Waals surface area contributed by atoms with Gasteiger partial charge in [-0.3, -0.25) is 14.5 Å². The fraction of sp³-hybridized carbons (Fsp3) is 0.455. The molecule has 1 heterocycles. The summed E-state index contributed by atoms with van der Waals surface area (Å²) in [5, 5.41) is 0. The maximum atomic E-state index is 11.4. The second-order valence-electron chi connectivity index (χ2n) is 3.34. The molecule has 0 saturated carbocycles. The minimum Gasteiger partial charge on any atom is -0.282 e. The molecule has 0 radical (unpaired) electrons. The first-order valence-corrected chi connectivity index (χ1v) is 4.83. The zero-order valence-corrected chi connectivity index (χ0v) is 8.62. The molecule has 1 aliphatic rings. The number of amides is 2. The Morgan fingerprint density at radius 3 is 2.64 bits per heavy atom. The van der Waals surface area contributed by atoms with Gasteiger partial charge in [0.15, 0.2) is 0 Å². The van der Waals surface area contributed by atoms with Crippen molar-refractivity contribution in [3.05, 3.63) is 23.8 Å². The molecule has 1 saturated heterocycles. The Bertz CT molecular complexity index is 302. The zero-order chi connectivity index (χ0) is 10.6. The summed E-state index contributed by atoms with van der Waals surface area (Å²) < 4.78 is 0. The third-order valence-corrected chi connectivity index (χ3v) is 2.18. The second-order valence-corrected chi connectivity index (χ2v) is 3.34. The number of hydrogen-bond acceptors (Lipinski definition) is 2. The van der Waals surface area contributed by atoms with Gasteiger partial charge in [-0.15, -0.1) is 0 Å². The molecule has 0 atom stereocenters. The van der Waals surface area contributed by atoms with Gasteiger partial charge in [0.25, 0.3) is 5.91 Å². The highest BCUT2D eigenvalue weighted by atomic mass is 16.2. The highest BCUT2D eigenvalue weighted by Gasteiger charge is 2.29. The fourth-order valence-corrected chi connectivity index (χ4v) is 1.26. The van der Waals surface area contributed by atoms with Crippen molar-refractivity contribution in [2.45, 2.75) is 26.2 Å². The van der Waals surface area contributed by atoms with E-state index in [4.69, 9.17) is 0 Å². The van der Waals surface area contributed by atoms with Crippen LogP contribution in [0.25, 0.3) is 0 Å². The number of carbonyl (C=O) groups is 2. The first-order valence-electron chi connectivity index (χ1n) is 4.83. The van der Waals surface area contributed by atoms with Gasteiger partial charge in [-0.1, -0.05) is 31.6 Å². The normalized spacial score (nSPS) is 20.4. The highest BCUT2D eigenvalue weighted by molar-refractivity contribution is 6.13. The van der Waals surface area contributed by atoms with Gasteiger partial charge in [-0.05, 0) is 6.42 Å². The number of nitrogens with zero attached hydrogens (tertiary/aromatic N) is 1. The topological polar surface area (TPSA) is 37.4 Å². The summed E-state index contributed by atoms with van der Waals surface area (Å²) in [6.07, 6.45) is 7.92. The van der Waals surface area contributed by atoms with Crippen LogP contribution in [0.4, 0.5) is 0 Å². The van der Waals surface area contributed by atoms with Crippen LogP contribution in [0.3, 0.4) is 0 Å². The van der Waals surface area contributed by atoms with Gasteiger partial charge in [0, 0.05) is 12.6 Å². The standard InChI is InChI=1S/C11H15NO2/c1-3-4-5-6-7-9-8-10(13)12(2)11(9)14/h5-7H,3-4,8H2,1-2H3. The Morgan fingerprint density at radius 2 is 2.14 bits per heavy atom. The van der Waals surface area contributed by atoms with Crippen molar-refractivity contribution in [1.29, 1.82) is 0 Å². The first kappa shape index (κ1) is 10.7. The van der Waals surface area contributed by atoms with Gasteiger partial charge in [0.05, 0.1) is 6.42 Å². The Morgan fingerprint density at radius 1 is 1.43 bits per heavy atom. The number of likely N-dealkylation sites (tertiary alicyclic amines) is 1. The molecule has 0 aromatic heterocycles. The van der Waals surface area contributed by atoms with Gasteiger partial charge in [-0.2, -0.15) is 0 Å². The van der Waals surface area contributed by atoms with Crippen LogP contribution in [0.15, 0.2) is 23.8 Å². The molecule has 3 nitrogen and oxygen atoms in total. The Hall–Kier alpha value is -1.38. The van der Waals surface area contributed by atoms with Gasteiger partial charge < -0.3 is 0 Å². The molecule has 0 bridgehead atoms. The molecule has 1 aliphatic heterocycles. The molecule has 0 aliphatic carbocycles. The third-order valence-electron chi connectivity index (χ3n) is 2.18. The van der Waals surface area contributed by atoms with E-state index in [1.165, 1.54) is 11.9 Å². The van der Waals surface area contributed by atoms with Crippen molar-refractivity contribution in [1.82, 2.24) is 4.90 Å². The lowest BCUT2D eigenvalue weighted by Crippen LogP contribution is -2.23. The van der Waals surface area contributed by atoms with E-state index in [1.807, 2.05) is 12.2 Å². The number of rotatable bonds is 3. The number of hydrogen-bond donors (Lipinski definition) is 0. The molecule has 0 spiro atoms. The predicted molar refractivity (Wildman–Crippen MR) is 54.5 cm³/mol. The average Bonchev–Trinajstić information content (AvgIpc) is 2.41.